The molecule has 3 N–H and O–H groups in total. The van der Waals surface area contributed by atoms with Gasteiger partial charge in [-0.3, -0.25) is 0 Å². The first-order valence-corrected chi connectivity index (χ1v) is 8.21. The number of carbonyl (C=O) groups is 1. The van der Waals surface area contributed by atoms with Gasteiger partial charge in [-0.15, -0.1) is 0 Å². The van der Waals surface area contributed by atoms with Crippen molar-refractivity contribution in [3.05, 3.63) is 29.8 Å². The summed E-state index contributed by atoms with van der Waals surface area (Å²) in [6, 6.07) is 7.48. The lowest BCUT2D eigenvalue weighted by Crippen LogP contribution is -2.35. The number of benzene rings is 1. The zero-order valence-electron chi connectivity index (χ0n) is 12.3. The molecule has 0 fully saturated rings. The van der Waals surface area contributed by atoms with Gasteiger partial charge in [0.1, 0.15) is 0 Å². The first-order chi connectivity index (χ1) is 9.51. The van der Waals surface area contributed by atoms with Gasteiger partial charge in [-0.1, -0.05) is 26.0 Å². The molecule has 0 bridgehead atoms. The molecule has 0 saturated carbocycles. The predicted octanol–water partition coefficient (Wildman–Crippen LogP) is 3.08. The highest BCUT2D eigenvalue weighted by molar-refractivity contribution is 7.97. The SMILES string of the molecule is CSCc1ccc(NC(=O)NCC(O)CC(C)C)cc1. The molecule has 0 aliphatic carbocycles. The quantitative estimate of drug-likeness (QED) is 0.724. The van der Waals surface area contributed by atoms with Crippen LogP contribution in [0.4, 0.5) is 10.5 Å². The number of thioether (sulfide) groups is 1. The van der Waals surface area contributed by atoms with Crippen molar-refractivity contribution >= 4 is 23.5 Å². The van der Waals surface area contributed by atoms with Gasteiger partial charge in [0, 0.05) is 18.0 Å². The molecule has 0 aliphatic heterocycles. The Morgan fingerprint density at radius 1 is 1.30 bits per heavy atom. The lowest BCUT2D eigenvalue weighted by atomic mass is 10.1. The van der Waals surface area contributed by atoms with E-state index in [0.717, 1.165) is 11.4 Å². The molecule has 1 aromatic rings. The number of hydrogen-bond acceptors (Lipinski definition) is 3. The van der Waals surface area contributed by atoms with Crippen LogP contribution in [0.1, 0.15) is 25.8 Å². The van der Waals surface area contributed by atoms with E-state index in [4.69, 9.17) is 0 Å². The zero-order chi connectivity index (χ0) is 15.0. The second-order valence-corrected chi connectivity index (χ2v) is 6.11. The van der Waals surface area contributed by atoms with Crippen molar-refractivity contribution in [3.63, 3.8) is 0 Å². The number of urea groups is 1. The van der Waals surface area contributed by atoms with Crippen LogP contribution in [0.5, 0.6) is 0 Å². The Bertz CT molecular complexity index is 407. The number of aliphatic hydroxyl groups is 1. The number of aliphatic hydroxyl groups excluding tert-OH is 1. The van der Waals surface area contributed by atoms with E-state index in [1.54, 1.807) is 11.8 Å². The smallest absolute Gasteiger partial charge is 0.319 e. The number of amides is 2. The van der Waals surface area contributed by atoms with E-state index in [1.165, 1.54) is 5.56 Å². The molecule has 0 saturated heterocycles. The molecule has 20 heavy (non-hydrogen) atoms. The van der Waals surface area contributed by atoms with Crippen LogP contribution >= 0.6 is 11.8 Å². The highest BCUT2D eigenvalue weighted by atomic mass is 32.2. The monoisotopic (exact) mass is 296 g/mol. The van der Waals surface area contributed by atoms with Gasteiger partial charge < -0.3 is 15.7 Å². The van der Waals surface area contributed by atoms with Crippen LogP contribution in [-0.4, -0.2) is 30.0 Å². The van der Waals surface area contributed by atoms with Crippen LogP contribution in [-0.2, 0) is 5.75 Å². The number of rotatable bonds is 7. The van der Waals surface area contributed by atoms with Gasteiger partial charge >= 0.3 is 6.03 Å². The van der Waals surface area contributed by atoms with E-state index >= 15 is 0 Å². The number of carbonyl (C=O) groups excluding carboxylic acids is 1. The maximum absolute atomic E-state index is 11.7. The van der Waals surface area contributed by atoms with E-state index in [0.29, 0.717) is 12.3 Å². The van der Waals surface area contributed by atoms with E-state index < -0.39 is 6.10 Å². The van der Waals surface area contributed by atoms with Gasteiger partial charge in [-0.25, -0.2) is 4.79 Å². The average Bonchev–Trinajstić information content (AvgIpc) is 2.38. The molecule has 1 atom stereocenters. The van der Waals surface area contributed by atoms with E-state index in [-0.39, 0.29) is 12.6 Å². The Kier molecular flexibility index (Phi) is 7.47. The average molecular weight is 296 g/mol. The van der Waals surface area contributed by atoms with Crippen molar-refractivity contribution in [3.8, 4) is 0 Å². The summed E-state index contributed by atoms with van der Waals surface area (Å²) in [5.74, 6) is 1.38. The minimum absolute atomic E-state index is 0.272. The molecule has 1 unspecified atom stereocenters. The van der Waals surface area contributed by atoms with Gasteiger partial charge in [0.25, 0.3) is 0 Å². The van der Waals surface area contributed by atoms with Gasteiger partial charge in [-0.2, -0.15) is 11.8 Å². The molecule has 0 heterocycles. The minimum atomic E-state index is -0.496. The Hall–Kier alpha value is -1.20. The fourth-order valence-corrected chi connectivity index (χ4v) is 2.39. The third-order valence-electron chi connectivity index (χ3n) is 2.76. The molecule has 1 aromatic carbocycles. The van der Waals surface area contributed by atoms with Gasteiger partial charge in [0.05, 0.1) is 6.10 Å². The molecule has 4 nitrogen and oxygen atoms in total. The van der Waals surface area contributed by atoms with Gasteiger partial charge in [-0.05, 0) is 36.3 Å². The van der Waals surface area contributed by atoms with Crippen LogP contribution in [0.3, 0.4) is 0 Å². The highest BCUT2D eigenvalue weighted by Gasteiger charge is 2.09. The van der Waals surface area contributed by atoms with Gasteiger partial charge in [0.15, 0.2) is 0 Å². The number of nitrogens with one attached hydrogen (secondary N) is 2. The minimum Gasteiger partial charge on any atom is -0.391 e. The van der Waals surface area contributed by atoms with Crippen molar-refractivity contribution in [1.29, 1.82) is 0 Å². The predicted molar refractivity (Wildman–Crippen MR) is 86.1 cm³/mol. The maximum atomic E-state index is 11.7. The molecular weight excluding hydrogens is 272 g/mol. The van der Waals surface area contributed by atoms with E-state index in [9.17, 15) is 9.90 Å². The van der Waals surface area contributed by atoms with E-state index in [2.05, 4.69) is 16.9 Å². The Labute approximate surface area is 125 Å². The summed E-state index contributed by atoms with van der Waals surface area (Å²) in [5, 5.41) is 15.1. The van der Waals surface area contributed by atoms with Crippen LogP contribution in [0.15, 0.2) is 24.3 Å². The van der Waals surface area contributed by atoms with Crippen LogP contribution < -0.4 is 10.6 Å². The summed E-state index contributed by atoms with van der Waals surface area (Å²) < 4.78 is 0. The normalized spacial score (nSPS) is 12.2. The lowest BCUT2D eigenvalue weighted by Gasteiger charge is -2.14. The molecule has 1 rings (SSSR count). The summed E-state index contributed by atoms with van der Waals surface area (Å²) in [6.07, 6.45) is 2.25. The van der Waals surface area contributed by atoms with Gasteiger partial charge in [0.2, 0.25) is 0 Å². The lowest BCUT2D eigenvalue weighted by molar-refractivity contribution is 0.148. The molecule has 0 radical (unpaired) electrons. The molecule has 0 aromatic heterocycles. The molecule has 112 valence electrons. The van der Waals surface area contributed by atoms with Crippen LogP contribution in [0.2, 0.25) is 0 Å². The first-order valence-electron chi connectivity index (χ1n) is 6.82. The van der Waals surface area contributed by atoms with Crippen LogP contribution in [0.25, 0.3) is 0 Å². The van der Waals surface area contributed by atoms with Crippen molar-refractivity contribution in [2.45, 2.75) is 32.1 Å². The Balaban J connectivity index is 2.34. The topological polar surface area (TPSA) is 61.4 Å². The summed E-state index contributed by atoms with van der Waals surface area (Å²) in [6.45, 7) is 4.35. The summed E-state index contributed by atoms with van der Waals surface area (Å²) in [5.41, 5.74) is 1.99. The zero-order valence-corrected chi connectivity index (χ0v) is 13.2. The third kappa shape index (κ3) is 6.82. The Morgan fingerprint density at radius 2 is 1.95 bits per heavy atom. The molecular formula is C15H24N2O2S. The molecule has 0 aliphatic rings. The highest BCUT2D eigenvalue weighted by Crippen LogP contribution is 2.13. The maximum Gasteiger partial charge on any atom is 0.319 e. The van der Waals surface area contributed by atoms with Crippen molar-refractivity contribution in [2.24, 2.45) is 5.92 Å². The molecule has 5 heteroatoms. The summed E-state index contributed by atoms with van der Waals surface area (Å²) >= 11 is 1.76. The van der Waals surface area contributed by atoms with Crippen molar-refractivity contribution in [2.75, 3.05) is 18.1 Å². The summed E-state index contributed by atoms with van der Waals surface area (Å²) in [4.78, 5) is 11.7. The summed E-state index contributed by atoms with van der Waals surface area (Å²) in [7, 11) is 0. The largest absolute Gasteiger partial charge is 0.391 e. The molecule has 2 amide bonds. The first kappa shape index (κ1) is 16.9. The van der Waals surface area contributed by atoms with E-state index in [1.807, 2.05) is 38.1 Å². The standard InChI is InChI=1S/C15H24N2O2S/c1-11(2)8-14(18)9-16-15(19)17-13-6-4-12(5-7-13)10-20-3/h4-7,11,14,18H,8-10H2,1-3H3,(H2,16,17,19). The Morgan fingerprint density at radius 3 is 2.50 bits per heavy atom. The second kappa shape index (κ2) is 8.87. The fraction of sp³-hybridized carbons (Fsp3) is 0.533. The van der Waals surface area contributed by atoms with Crippen molar-refractivity contribution in [1.82, 2.24) is 5.32 Å². The van der Waals surface area contributed by atoms with Crippen LogP contribution in [0, 0.1) is 5.92 Å². The number of anilines is 1. The number of hydrogen-bond donors (Lipinski definition) is 3. The second-order valence-electron chi connectivity index (χ2n) is 5.25. The van der Waals surface area contributed by atoms with Crippen molar-refractivity contribution < 1.29 is 9.90 Å². The fourth-order valence-electron chi connectivity index (χ4n) is 1.86. The third-order valence-corrected chi connectivity index (χ3v) is 3.39. The molecule has 0 spiro atoms.